The predicted octanol–water partition coefficient (Wildman–Crippen LogP) is 2.69. The smallest absolute Gasteiger partial charge is 0.307 e. The lowest BCUT2D eigenvalue weighted by molar-refractivity contribution is -0.385. The van der Waals surface area contributed by atoms with Gasteiger partial charge in [-0.3, -0.25) is 14.8 Å². The molecular weight excluding hydrogens is 350 g/mol. The molecule has 0 fully saturated rings. The van der Waals surface area contributed by atoms with Gasteiger partial charge in [0.05, 0.1) is 17.0 Å². The van der Waals surface area contributed by atoms with Crippen LogP contribution in [0.5, 0.6) is 0 Å². The van der Waals surface area contributed by atoms with Crippen molar-refractivity contribution in [1.82, 2.24) is 29.4 Å². The molecule has 0 atom stereocenters. The van der Waals surface area contributed by atoms with Gasteiger partial charge in [0.25, 0.3) is 0 Å². The molecule has 0 amide bonds. The molecule has 0 bridgehead atoms. The summed E-state index contributed by atoms with van der Waals surface area (Å²) in [6.45, 7) is 0.270. The van der Waals surface area contributed by atoms with Crippen LogP contribution in [0.4, 0.5) is 5.69 Å². The summed E-state index contributed by atoms with van der Waals surface area (Å²) in [6.07, 6.45) is 4.16. The molecule has 132 valence electrons. The van der Waals surface area contributed by atoms with Gasteiger partial charge in [-0.15, -0.1) is 5.10 Å². The highest BCUT2D eigenvalue weighted by Crippen LogP contribution is 2.23. The first-order valence-electron chi connectivity index (χ1n) is 8.03. The maximum absolute atomic E-state index is 10.7. The van der Waals surface area contributed by atoms with E-state index in [2.05, 4.69) is 20.2 Å². The first-order valence-corrected chi connectivity index (χ1v) is 8.03. The molecule has 10 heteroatoms. The van der Waals surface area contributed by atoms with Crippen LogP contribution in [-0.4, -0.2) is 34.3 Å². The number of rotatable bonds is 4. The van der Waals surface area contributed by atoms with Crippen LogP contribution in [0.1, 0.15) is 5.76 Å². The molecule has 0 N–H and O–H groups in total. The maximum atomic E-state index is 10.7. The number of fused-ring (bicyclic) bond motifs is 3. The van der Waals surface area contributed by atoms with Crippen molar-refractivity contribution in [1.29, 1.82) is 0 Å². The summed E-state index contributed by atoms with van der Waals surface area (Å²) in [5.41, 5.74) is 1.46. The SMILES string of the molecule is O=[N+]([O-])c1cnn(Cc2ccc(-c3nc4c5ccccc5ncn4n3)o2)c1. The zero-order valence-electron chi connectivity index (χ0n) is 13.8. The lowest BCUT2D eigenvalue weighted by Crippen LogP contribution is -1.98. The minimum absolute atomic E-state index is 0.0665. The standard InChI is InChI=1S/C17H11N7O3/c25-24(26)11-7-19-22(8-11)9-12-5-6-15(27-12)16-20-17-13-3-1-2-4-14(13)18-10-23(17)21-16/h1-8,10H,9H2. The average Bonchev–Trinajstić information content (AvgIpc) is 3.41. The zero-order valence-corrected chi connectivity index (χ0v) is 13.8. The summed E-state index contributed by atoms with van der Waals surface area (Å²) in [7, 11) is 0. The molecule has 0 spiro atoms. The lowest BCUT2D eigenvalue weighted by Gasteiger charge is -1.96. The third-order valence-corrected chi connectivity index (χ3v) is 4.11. The van der Waals surface area contributed by atoms with Crippen molar-refractivity contribution in [3.8, 4) is 11.6 Å². The average molecular weight is 361 g/mol. The number of hydrogen-bond donors (Lipinski definition) is 0. The Labute approximate surface area is 150 Å². The predicted molar refractivity (Wildman–Crippen MR) is 94.0 cm³/mol. The van der Waals surface area contributed by atoms with E-state index in [1.807, 2.05) is 24.3 Å². The van der Waals surface area contributed by atoms with Gasteiger partial charge >= 0.3 is 5.69 Å². The van der Waals surface area contributed by atoms with E-state index in [-0.39, 0.29) is 12.2 Å². The van der Waals surface area contributed by atoms with E-state index < -0.39 is 4.92 Å². The summed E-state index contributed by atoms with van der Waals surface area (Å²) < 4.78 is 8.84. The number of para-hydroxylation sites is 1. The minimum atomic E-state index is -0.490. The van der Waals surface area contributed by atoms with E-state index in [1.165, 1.54) is 17.1 Å². The first kappa shape index (κ1) is 15.2. The molecule has 1 aromatic carbocycles. The van der Waals surface area contributed by atoms with E-state index in [0.717, 1.165) is 10.9 Å². The van der Waals surface area contributed by atoms with E-state index in [4.69, 9.17) is 4.42 Å². The summed E-state index contributed by atoms with van der Waals surface area (Å²) >= 11 is 0. The van der Waals surface area contributed by atoms with Gasteiger partial charge in [0.2, 0.25) is 5.82 Å². The Morgan fingerprint density at radius 2 is 2.07 bits per heavy atom. The number of hydrogen-bond acceptors (Lipinski definition) is 7. The number of furan rings is 1. The fourth-order valence-electron chi connectivity index (χ4n) is 2.86. The molecule has 0 saturated carbocycles. The topological polar surface area (TPSA) is 117 Å². The molecular formula is C17H11N7O3. The molecule has 0 aliphatic carbocycles. The van der Waals surface area contributed by atoms with Crippen LogP contribution >= 0.6 is 0 Å². The molecule has 0 aliphatic heterocycles. The Bertz CT molecular complexity index is 1300. The molecule has 27 heavy (non-hydrogen) atoms. The van der Waals surface area contributed by atoms with Crippen LogP contribution in [0.2, 0.25) is 0 Å². The highest BCUT2D eigenvalue weighted by molar-refractivity contribution is 5.91. The van der Waals surface area contributed by atoms with Gasteiger partial charge < -0.3 is 4.42 Å². The van der Waals surface area contributed by atoms with Gasteiger partial charge in [-0.2, -0.15) is 5.10 Å². The van der Waals surface area contributed by atoms with E-state index in [1.54, 1.807) is 23.0 Å². The lowest BCUT2D eigenvalue weighted by atomic mass is 10.2. The number of nitro groups is 1. The van der Waals surface area contributed by atoms with Crippen LogP contribution in [-0.2, 0) is 6.54 Å². The van der Waals surface area contributed by atoms with Crippen molar-refractivity contribution in [3.05, 3.63) is 71.0 Å². The minimum Gasteiger partial charge on any atom is -0.456 e. The van der Waals surface area contributed by atoms with Gasteiger partial charge in [0.1, 0.15) is 24.5 Å². The Balaban J connectivity index is 1.48. The second-order valence-corrected chi connectivity index (χ2v) is 5.88. The molecule has 0 radical (unpaired) electrons. The first-order chi connectivity index (χ1) is 13.2. The van der Waals surface area contributed by atoms with Crippen molar-refractivity contribution in [3.63, 3.8) is 0 Å². The monoisotopic (exact) mass is 361 g/mol. The Morgan fingerprint density at radius 1 is 1.19 bits per heavy atom. The van der Waals surface area contributed by atoms with Crippen molar-refractivity contribution < 1.29 is 9.34 Å². The molecule has 0 saturated heterocycles. The van der Waals surface area contributed by atoms with E-state index >= 15 is 0 Å². The number of nitrogens with zero attached hydrogens (tertiary/aromatic N) is 7. The fourth-order valence-corrected chi connectivity index (χ4v) is 2.86. The van der Waals surface area contributed by atoms with Crippen LogP contribution in [0.25, 0.3) is 28.1 Å². The van der Waals surface area contributed by atoms with Crippen LogP contribution < -0.4 is 0 Å². The molecule has 0 unspecified atom stereocenters. The molecule has 4 aromatic heterocycles. The second kappa shape index (κ2) is 5.73. The molecule has 5 aromatic rings. The summed E-state index contributed by atoms with van der Waals surface area (Å²) in [5, 5.41) is 20.0. The van der Waals surface area contributed by atoms with Crippen molar-refractivity contribution in [2.24, 2.45) is 0 Å². The molecule has 0 aliphatic rings. The van der Waals surface area contributed by atoms with Gasteiger partial charge in [0, 0.05) is 5.39 Å². The van der Waals surface area contributed by atoms with Crippen LogP contribution in [0.3, 0.4) is 0 Å². The number of aromatic nitrogens is 6. The van der Waals surface area contributed by atoms with Crippen LogP contribution in [0, 0.1) is 10.1 Å². The molecule has 5 rings (SSSR count). The maximum Gasteiger partial charge on any atom is 0.307 e. The van der Waals surface area contributed by atoms with E-state index in [9.17, 15) is 10.1 Å². The quantitative estimate of drug-likeness (QED) is 0.357. The Kier molecular flexibility index (Phi) is 3.22. The summed E-state index contributed by atoms with van der Waals surface area (Å²) in [4.78, 5) is 19.2. The largest absolute Gasteiger partial charge is 0.456 e. The Morgan fingerprint density at radius 3 is 2.93 bits per heavy atom. The van der Waals surface area contributed by atoms with Crippen molar-refractivity contribution in [2.75, 3.05) is 0 Å². The highest BCUT2D eigenvalue weighted by Gasteiger charge is 2.15. The van der Waals surface area contributed by atoms with Gasteiger partial charge in [0.15, 0.2) is 11.4 Å². The molecule has 4 heterocycles. The van der Waals surface area contributed by atoms with Crippen molar-refractivity contribution in [2.45, 2.75) is 6.54 Å². The van der Waals surface area contributed by atoms with Gasteiger partial charge in [-0.25, -0.2) is 14.5 Å². The normalized spacial score (nSPS) is 11.4. The van der Waals surface area contributed by atoms with Gasteiger partial charge in [-0.1, -0.05) is 12.1 Å². The summed E-state index contributed by atoms with van der Waals surface area (Å²) in [5.74, 6) is 1.52. The third-order valence-electron chi connectivity index (χ3n) is 4.11. The summed E-state index contributed by atoms with van der Waals surface area (Å²) in [6, 6.07) is 11.2. The second-order valence-electron chi connectivity index (χ2n) is 5.88. The number of benzene rings is 1. The fraction of sp³-hybridized carbons (Fsp3) is 0.0588. The van der Waals surface area contributed by atoms with Crippen LogP contribution in [0.15, 0.2) is 59.5 Å². The third kappa shape index (κ3) is 2.59. The Hall–Kier alpha value is -4.08. The van der Waals surface area contributed by atoms with Gasteiger partial charge in [-0.05, 0) is 24.3 Å². The highest BCUT2D eigenvalue weighted by atomic mass is 16.6. The molecule has 10 nitrogen and oxygen atoms in total. The van der Waals surface area contributed by atoms with E-state index in [0.29, 0.717) is 23.0 Å². The zero-order chi connectivity index (χ0) is 18.4. The van der Waals surface area contributed by atoms with Crippen molar-refractivity contribution >= 4 is 22.2 Å².